The molecule has 1 radical (unpaired) electrons. The lowest BCUT2D eigenvalue weighted by atomic mass is 10.6. The molecule has 0 saturated heterocycles. The fourth-order valence-electron chi connectivity index (χ4n) is 0.372. The van der Waals surface area contributed by atoms with Gasteiger partial charge in [0.1, 0.15) is 5.37 Å². The summed E-state index contributed by atoms with van der Waals surface area (Å²) in [7, 11) is -3.12. The summed E-state index contributed by atoms with van der Waals surface area (Å²) in [6.07, 6.45) is 0. The molecule has 0 spiro atoms. The van der Waals surface area contributed by atoms with Gasteiger partial charge in [-0.2, -0.15) is 0 Å². The second kappa shape index (κ2) is 2.66. The molecule has 0 heterocycles. The first kappa shape index (κ1) is 8.91. The third-order valence-corrected chi connectivity index (χ3v) is 3.21. The van der Waals surface area contributed by atoms with Crippen LogP contribution in [0.1, 0.15) is 20.8 Å². The van der Waals surface area contributed by atoms with E-state index in [1.165, 1.54) is 6.92 Å². The van der Waals surface area contributed by atoms with Gasteiger partial charge in [0.2, 0.25) is 0 Å². The summed E-state index contributed by atoms with van der Waals surface area (Å²) in [5.41, 5.74) is 5.10. The minimum atomic E-state index is -3.12. The van der Waals surface area contributed by atoms with Crippen LogP contribution in [0.3, 0.4) is 0 Å². The fourth-order valence-corrected chi connectivity index (χ4v) is 1.12. The maximum atomic E-state index is 10.9. The van der Waals surface area contributed by atoms with Gasteiger partial charge >= 0.3 is 0 Å². The molecule has 0 unspecified atom stereocenters. The average molecular weight is 150 g/mol. The van der Waals surface area contributed by atoms with Crippen molar-refractivity contribution < 1.29 is 8.42 Å². The normalized spacial score (nSPS) is 13.1. The van der Waals surface area contributed by atoms with Crippen molar-refractivity contribution in [1.82, 2.24) is 0 Å². The van der Waals surface area contributed by atoms with E-state index in [1.54, 1.807) is 13.8 Å². The van der Waals surface area contributed by atoms with Crippen molar-refractivity contribution in [1.29, 1.82) is 0 Å². The Kier molecular flexibility index (Phi) is 2.64. The summed E-state index contributed by atoms with van der Waals surface area (Å²) in [6.45, 7) is 4.60. The van der Waals surface area contributed by atoms with E-state index in [2.05, 4.69) is 0 Å². The van der Waals surface area contributed by atoms with Crippen LogP contribution in [0.15, 0.2) is 0 Å². The van der Waals surface area contributed by atoms with Crippen molar-refractivity contribution in [3.05, 3.63) is 5.37 Å². The van der Waals surface area contributed by atoms with Crippen molar-refractivity contribution in [2.24, 2.45) is 5.73 Å². The van der Waals surface area contributed by atoms with Gasteiger partial charge in [-0.1, -0.05) is 0 Å². The molecule has 0 atom stereocenters. The van der Waals surface area contributed by atoms with Gasteiger partial charge in [0.15, 0.2) is 9.84 Å². The maximum absolute atomic E-state index is 10.9. The van der Waals surface area contributed by atoms with Gasteiger partial charge in [0.25, 0.3) is 0 Å². The molecule has 0 aromatic rings. The Morgan fingerprint density at radius 3 is 1.78 bits per heavy atom. The van der Waals surface area contributed by atoms with Crippen LogP contribution in [0.5, 0.6) is 0 Å². The molecule has 3 nitrogen and oxygen atoms in total. The van der Waals surface area contributed by atoms with Crippen LogP contribution in [0.25, 0.3) is 0 Å². The van der Waals surface area contributed by atoms with Crippen molar-refractivity contribution in [2.75, 3.05) is 0 Å². The first-order valence-electron chi connectivity index (χ1n) is 2.72. The van der Waals surface area contributed by atoms with Crippen LogP contribution in [0.4, 0.5) is 0 Å². The largest absolute Gasteiger partial charge is 0.310 e. The molecule has 0 bridgehead atoms. The topological polar surface area (TPSA) is 60.2 Å². The Morgan fingerprint density at radius 1 is 1.44 bits per heavy atom. The number of hydrogen-bond donors (Lipinski definition) is 1. The van der Waals surface area contributed by atoms with Gasteiger partial charge in [-0.05, 0) is 20.8 Å². The van der Waals surface area contributed by atoms with E-state index >= 15 is 0 Å². The first-order chi connectivity index (χ1) is 3.89. The van der Waals surface area contributed by atoms with Gasteiger partial charge in [0.05, 0.1) is 5.25 Å². The molecule has 0 aliphatic rings. The van der Waals surface area contributed by atoms with E-state index < -0.39 is 15.1 Å². The molecular formula is C5H12NO2S. The molecule has 0 aliphatic carbocycles. The van der Waals surface area contributed by atoms with E-state index in [0.29, 0.717) is 0 Å². The third kappa shape index (κ3) is 1.95. The van der Waals surface area contributed by atoms with Crippen LogP contribution in [0, 0.1) is 5.37 Å². The van der Waals surface area contributed by atoms with E-state index in [0.717, 1.165) is 0 Å². The second-order valence-corrected chi connectivity index (χ2v) is 4.88. The molecule has 0 aliphatic heterocycles. The highest BCUT2D eigenvalue weighted by atomic mass is 32.2. The molecule has 0 aromatic heterocycles. The van der Waals surface area contributed by atoms with Crippen LogP contribution >= 0.6 is 0 Å². The molecule has 9 heavy (non-hydrogen) atoms. The van der Waals surface area contributed by atoms with E-state index in [9.17, 15) is 8.42 Å². The van der Waals surface area contributed by atoms with E-state index in [4.69, 9.17) is 5.73 Å². The van der Waals surface area contributed by atoms with Crippen molar-refractivity contribution in [2.45, 2.75) is 26.0 Å². The van der Waals surface area contributed by atoms with Gasteiger partial charge in [0, 0.05) is 0 Å². The zero-order valence-electron chi connectivity index (χ0n) is 5.88. The van der Waals surface area contributed by atoms with Gasteiger partial charge < -0.3 is 5.73 Å². The SMILES string of the molecule is C[C](N)S(=O)(=O)C(C)C. The zero-order chi connectivity index (χ0) is 7.65. The highest BCUT2D eigenvalue weighted by Gasteiger charge is 2.21. The zero-order valence-corrected chi connectivity index (χ0v) is 6.70. The Morgan fingerprint density at radius 2 is 1.78 bits per heavy atom. The Hall–Kier alpha value is -0.0900. The number of nitrogens with two attached hydrogens (primary N) is 1. The number of hydrogen-bond acceptors (Lipinski definition) is 3. The van der Waals surface area contributed by atoms with E-state index in [-0.39, 0.29) is 5.37 Å². The molecule has 2 N–H and O–H groups in total. The Balaban J connectivity index is 4.42. The molecule has 0 fully saturated rings. The molecular weight excluding hydrogens is 138 g/mol. The number of rotatable bonds is 2. The summed E-state index contributed by atoms with van der Waals surface area (Å²) < 4.78 is 21.7. The average Bonchev–Trinajstić information content (AvgIpc) is 1.65. The van der Waals surface area contributed by atoms with Gasteiger partial charge in [-0.25, -0.2) is 8.42 Å². The quantitative estimate of drug-likeness (QED) is 0.615. The molecule has 4 heteroatoms. The maximum Gasteiger partial charge on any atom is 0.173 e. The summed E-state index contributed by atoms with van der Waals surface area (Å²) in [4.78, 5) is 0. The summed E-state index contributed by atoms with van der Waals surface area (Å²) in [5.74, 6) is 0. The lowest BCUT2D eigenvalue weighted by molar-refractivity contribution is 0.587. The van der Waals surface area contributed by atoms with Crippen LogP contribution in [-0.2, 0) is 9.84 Å². The van der Waals surface area contributed by atoms with Crippen molar-refractivity contribution in [3.63, 3.8) is 0 Å². The molecule has 0 saturated carbocycles. The first-order valence-corrected chi connectivity index (χ1v) is 4.26. The molecule has 0 amide bonds. The lowest BCUT2D eigenvalue weighted by Gasteiger charge is -2.08. The van der Waals surface area contributed by atoms with Crippen molar-refractivity contribution in [3.8, 4) is 0 Å². The summed E-state index contributed by atoms with van der Waals surface area (Å²) in [5, 5.41) is -0.403. The smallest absolute Gasteiger partial charge is 0.173 e. The fraction of sp³-hybridized carbons (Fsp3) is 0.800. The highest BCUT2D eigenvalue weighted by Crippen LogP contribution is 2.08. The minimum absolute atomic E-state index is 0.00231. The summed E-state index contributed by atoms with van der Waals surface area (Å²) in [6, 6.07) is 0. The standard InChI is InChI=1S/C5H12NO2S/c1-4(2)9(7,8)5(3)6/h4H,6H2,1-3H3. The summed E-state index contributed by atoms with van der Waals surface area (Å²) >= 11 is 0. The van der Waals surface area contributed by atoms with Crippen molar-refractivity contribution >= 4 is 9.84 Å². The Labute approximate surface area is 56.2 Å². The molecule has 55 valence electrons. The van der Waals surface area contributed by atoms with Crippen LogP contribution < -0.4 is 5.73 Å². The van der Waals surface area contributed by atoms with Crippen LogP contribution in [0.2, 0.25) is 0 Å². The highest BCUT2D eigenvalue weighted by molar-refractivity contribution is 7.94. The Bertz CT molecular complexity index is 155. The number of sulfone groups is 1. The predicted molar refractivity (Wildman–Crippen MR) is 37.2 cm³/mol. The van der Waals surface area contributed by atoms with Crippen LogP contribution in [-0.4, -0.2) is 13.7 Å². The van der Waals surface area contributed by atoms with Gasteiger partial charge in [-0.15, -0.1) is 0 Å². The molecule has 0 aromatic carbocycles. The third-order valence-electron chi connectivity index (χ3n) is 1.07. The van der Waals surface area contributed by atoms with E-state index in [1.807, 2.05) is 0 Å². The van der Waals surface area contributed by atoms with Gasteiger partial charge in [-0.3, -0.25) is 0 Å². The predicted octanol–water partition coefficient (Wildman–Crippen LogP) is 0.278. The minimum Gasteiger partial charge on any atom is -0.310 e. The lowest BCUT2D eigenvalue weighted by Crippen LogP contribution is -2.25. The second-order valence-electron chi connectivity index (χ2n) is 2.20. The molecule has 0 rings (SSSR count). The monoisotopic (exact) mass is 150 g/mol.